The van der Waals surface area contributed by atoms with Gasteiger partial charge in [-0.25, -0.2) is 4.39 Å². The van der Waals surface area contributed by atoms with Gasteiger partial charge >= 0.3 is 12.1 Å². The van der Waals surface area contributed by atoms with Gasteiger partial charge in [0.25, 0.3) is 0 Å². The summed E-state index contributed by atoms with van der Waals surface area (Å²) in [5.41, 5.74) is -0.650. The van der Waals surface area contributed by atoms with Crippen molar-refractivity contribution in [2.75, 3.05) is 6.61 Å². The Labute approximate surface area is 139 Å². The normalized spacial score (nSPS) is 20.4. The van der Waals surface area contributed by atoms with Gasteiger partial charge in [-0.15, -0.1) is 0 Å². The molecule has 1 amide bonds. The van der Waals surface area contributed by atoms with Crippen molar-refractivity contribution in [3.05, 3.63) is 35.5 Å². The monoisotopic (exact) mass is 359 g/mol. The molecule has 1 aromatic carbocycles. The molecule has 1 fully saturated rings. The predicted molar refractivity (Wildman–Crippen MR) is 75.3 cm³/mol. The zero-order valence-corrected chi connectivity index (χ0v) is 13.1. The molecular formula is C15H13F4N3O3. The summed E-state index contributed by atoms with van der Waals surface area (Å²) in [6.45, 7) is 3.56. The van der Waals surface area contributed by atoms with Crippen LogP contribution >= 0.6 is 0 Å². The van der Waals surface area contributed by atoms with Gasteiger partial charge in [0.1, 0.15) is 5.82 Å². The molecule has 1 unspecified atom stereocenters. The van der Waals surface area contributed by atoms with E-state index in [2.05, 4.69) is 20.0 Å². The number of alkyl halides is 3. The number of benzene rings is 1. The van der Waals surface area contributed by atoms with E-state index >= 15 is 0 Å². The number of ether oxygens (including phenoxy) is 1. The standard InChI is InChI=1S/C15H13F4N3O3/c1-14(2)6-24-11(21-12(14)23)7-3-4-8(9(16)5-7)10-20-13(25-22-10)15(17,18)19/h3-5,11H,6H2,1-2H3,(H,21,23). The Hall–Kier alpha value is -2.49. The number of aromatic nitrogens is 2. The number of halogens is 4. The van der Waals surface area contributed by atoms with E-state index in [0.29, 0.717) is 5.56 Å². The topological polar surface area (TPSA) is 77.2 Å². The molecule has 134 valence electrons. The Kier molecular flexibility index (Phi) is 4.02. The molecule has 0 aliphatic carbocycles. The van der Waals surface area contributed by atoms with Gasteiger partial charge in [0.15, 0.2) is 6.23 Å². The maximum Gasteiger partial charge on any atom is 0.471 e. The lowest BCUT2D eigenvalue weighted by molar-refractivity contribution is -0.159. The fraction of sp³-hybridized carbons (Fsp3) is 0.400. The van der Waals surface area contributed by atoms with Crippen LogP contribution in [0.1, 0.15) is 31.5 Å². The van der Waals surface area contributed by atoms with Gasteiger partial charge in [0.05, 0.1) is 17.6 Å². The third-order valence-electron chi connectivity index (χ3n) is 3.69. The van der Waals surface area contributed by atoms with Crippen LogP contribution in [0.5, 0.6) is 0 Å². The van der Waals surface area contributed by atoms with Crippen molar-refractivity contribution in [2.45, 2.75) is 26.3 Å². The van der Waals surface area contributed by atoms with E-state index in [9.17, 15) is 22.4 Å². The van der Waals surface area contributed by atoms with Gasteiger partial charge < -0.3 is 14.6 Å². The first-order chi connectivity index (χ1) is 11.6. The molecule has 2 aromatic rings. The first kappa shape index (κ1) is 17.3. The van der Waals surface area contributed by atoms with Crippen LogP contribution in [0, 0.1) is 11.2 Å². The number of nitrogens with one attached hydrogen (secondary N) is 1. The molecule has 1 aliphatic heterocycles. The molecule has 0 spiro atoms. The van der Waals surface area contributed by atoms with Gasteiger partial charge in [0, 0.05) is 5.56 Å². The number of hydrogen-bond acceptors (Lipinski definition) is 5. The fourth-order valence-electron chi connectivity index (χ4n) is 2.22. The summed E-state index contributed by atoms with van der Waals surface area (Å²) in [4.78, 5) is 15.1. The minimum absolute atomic E-state index is 0.145. The molecule has 25 heavy (non-hydrogen) atoms. The van der Waals surface area contributed by atoms with E-state index < -0.39 is 35.4 Å². The smallest absolute Gasteiger partial charge is 0.353 e. The highest BCUT2D eigenvalue weighted by Crippen LogP contribution is 2.32. The van der Waals surface area contributed by atoms with Crippen LogP contribution < -0.4 is 5.32 Å². The predicted octanol–water partition coefficient (Wildman–Crippen LogP) is 3.07. The number of rotatable bonds is 2. The van der Waals surface area contributed by atoms with Crippen LogP contribution in [0.3, 0.4) is 0 Å². The molecule has 0 radical (unpaired) electrons. The average Bonchev–Trinajstić information content (AvgIpc) is 3.00. The zero-order chi connectivity index (χ0) is 18.4. The second kappa shape index (κ2) is 5.80. The Morgan fingerprint density at radius 1 is 1.32 bits per heavy atom. The van der Waals surface area contributed by atoms with E-state index in [1.165, 1.54) is 12.1 Å². The number of amides is 1. The van der Waals surface area contributed by atoms with Gasteiger partial charge in [-0.2, -0.15) is 18.2 Å². The van der Waals surface area contributed by atoms with Crippen LogP contribution in [0.25, 0.3) is 11.4 Å². The summed E-state index contributed by atoms with van der Waals surface area (Å²) in [6.07, 6.45) is -5.66. The van der Waals surface area contributed by atoms with Crippen molar-refractivity contribution >= 4 is 5.91 Å². The minimum atomic E-state index is -4.81. The number of carbonyl (C=O) groups is 1. The Bertz CT molecular complexity index is 817. The summed E-state index contributed by atoms with van der Waals surface area (Å²) >= 11 is 0. The largest absolute Gasteiger partial charge is 0.471 e. The summed E-state index contributed by atoms with van der Waals surface area (Å²) in [5, 5.41) is 5.75. The quantitative estimate of drug-likeness (QED) is 0.834. The molecule has 1 N–H and O–H groups in total. The Morgan fingerprint density at radius 2 is 2.04 bits per heavy atom. The van der Waals surface area contributed by atoms with Crippen LogP contribution in [0.15, 0.2) is 22.7 Å². The molecule has 0 bridgehead atoms. The van der Waals surface area contributed by atoms with Crippen LogP contribution in [0.2, 0.25) is 0 Å². The zero-order valence-electron chi connectivity index (χ0n) is 13.1. The Balaban J connectivity index is 1.84. The summed E-state index contributed by atoms with van der Waals surface area (Å²) in [5.74, 6) is -3.20. The number of carbonyl (C=O) groups excluding carboxylic acids is 1. The molecule has 0 saturated carbocycles. The maximum atomic E-state index is 14.3. The molecular weight excluding hydrogens is 346 g/mol. The first-order valence-corrected chi connectivity index (χ1v) is 7.21. The molecule has 1 aliphatic rings. The highest BCUT2D eigenvalue weighted by atomic mass is 19.4. The summed E-state index contributed by atoms with van der Waals surface area (Å²) in [7, 11) is 0. The van der Waals surface area contributed by atoms with E-state index in [1.807, 2.05) is 0 Å². The third-order valence-corrected chi connectivity index (χ3v) is 3.69. The van der Waals surface area contributed by atoms with E-state index in [0.717, 1.165) is 6.07 Å². The van der Waals surface area contributed by atoms with Gasteiger partial charge in [-0.1, -0.05) is 11.2 Å². The van der Waals surface area contributed by atoms with Crippen molar-refractivity contribution in [1.82, 2.24) is 15.5 Å². The summed E-state index contributed by atoms with van der Waals surface area (Å²) < 4.78 is 61.3. The van der Waals surface area contributed by atoms with E-state index in [4.69, 9.17) is 4.74 Å². The molecule has 2 heterocycles. The molecule has 10 heteroatoms. The Morgan fingerprint density at radius 3 is 2.60 bits per heavy atom. The van der Waals surface area contributed by atoms with Crippen molar-refractivity contribution < 1.29 is 31.6 Å². The maximum absolute atomic E-state index is 14.3. The average molecular weight is 359 g/mol. The van der Waals surface area contributed by atoms with E-state index in [-0.39, 0.29) is 18.1 Å². The fourth-order valence-corrected chi connectivity index (χ4v) is 2.22. The second-order valence-electron chi connectivity index (χ2n) is 6.21. The lowest BCUT2D eigenvalue weighted by Crippen LogP contribution is -2.48. The minimum Gasteiger partial charge on any atom is -0.353 e. The third kappa shape index (κ3) is 3.34. The van der Waals surface area contributed by atoms with Gasteiger partial charge in [-0.05, 0) is 26.0 Å². The van der Waals surface area contributed by atoms with Crippen LogP contribution in [-0.4, -0.2) is 22.7 Å². The van der Waals surface area contributed by atoms with Crippen LogP contribution in [-0.2, 0) is 15.7 Å². The second-order valence-corrected chi connectivity index (χ2v) is 6.21. The summed E-state index contributed by atoms with van der Waals surface area (Å²) in [6, 6.07) is 3.65. The molecule has 1 atom stereocenters. The van der Waals surface area contributed by atoms with Gasteiger partial charge in [0.2, 0.25) is 11.7 Å². The number of nitrogens with zero attached hydrogens (tertiary/aromatic N) is 2. The first-order valence-electron chi connectivity index (χ1n) is 7.21. The van der Waals surface area contributed by atoms with Crippen molar-refractivity contribution in [3.63, 3.8) is 0 Å². The number of hydrogen-bond donors (Lipinski definition) is 1. The lowest BCUT2D eigenvalue weighted by atomic mass is 9.92. The van der Waals surface area contributed by atoms with Gasteiger partial charge in [-0.3, -0.25) is 4.79 Å². The molecule has 1 saturated heterocycles. The van der Waals surface area contributed by atoms with Crippen molar-refractivity contribution in [3.8, 4) is 11.4 Å². The SMILES string of the molecule is CC1(C)COC(c2ccc(-c3noc(C(F)(F)F)n3)c(F)c2)NC1=O. The lowest BCUT2D eigenvalue weighted by Gasteiger charge is -2.34. The van der Waals surface area contributed by atoms with Crippen LogP contribution in [0.4, 0.5) is 17.6 Å². The highest BCUT2D eigenvalue weighted by molar-refractivity contribution is 5.82. The molecule has 1 aromatic heterocycles. The van der Waals surface area contributed by atoms with Crippen molar-refractivity contribution in [1.29, 1.82) is 0 Å². The molecule has 6 nitrogen and oxygen atoms in total. The molecule has 3 rings (SSSR count). The highest BCUT2D eigenvalue weighted by Gasteiger charge is 2.39. The van der Waals surface area contributed by atoms with E-state index in [1.54, 1.807) is 13.8 Å². The van der Waals surface area contributed by atoms with Crippen molar-refractivity contribution in [2.24, 2.45) is 5.41 Å².